The van der Waals surface area contributed by atoms with Crippen LogP contribution in [0.3, 0.4) is 0 Å². The van der Waals surface area contributed by atoms with Gasteiger partial charge in [0.05, 0.1) is 12.7 Å². The number of allylic oxidation sites excluding steroid dienone is 2. The molecule has 0 radical (unpaired) electrons. The Morgan fingerprint density at radius 2 is 2.00 bits per heavy atom. The van der Waals surface area contributed by atoms with Gasteiger partial charge >= 0.3 is 0 Å². The average Bonchev–Trinajstić information content (AvgIpc) is 2.31. The quantitative estimate of drug-likeness (QED) is 0.689. The molecule has 2 heteroatoms. The summed E-state index contributed by atoms with van der Waals surface area (Å²) >= 11 is 0. The van der Waals surface area contributed by atoms with E-state index in [1.807, 2.05) is 0 Å². The van der Waals surface area contributed by atoms with Gasteiger partial charge in [-0.25, -0.2) is 0 Å². The van der Waals surface area contributed by atoms with E-state index in [0.29, 0.717) is 17.9 Å². The van der Waals surface area contributed by atoms with Gasteiger partial charge in [-0.15, -0.1) is 0 Å². The van der Waals surface area contributed by atoms with Crippen LogP contribution in [0.4, 0.5) is 0 Å². The first-order valence-corrected chi connectivity index (χ1v) is 7.12. The fraction of sp³-hybridized carbons (Fsp3) is 0.867. The molecule has 0 aromatic carbocycles. The molecule has 1 rings (SSSR count). The first-order chi connectivity index (χ1) is 8.15. The van der Waals surface area contributed by atoms with Crippen LogP contribution in [0.5, 0.6) is 0 Å². The highest BCUT2D eigenvalue weighted by atomic mass is 16.5. The molecule has 0 spiro atoms. The number of hydrogen-bond acceptors (Lipinski definition) is 2. The third kappa shape index (κ3) is 5.22. The van der Waals surface area contributed by atoms with Crippen LogP contribution >= 0.6 is 0 Å². The summed E-state index contributed by atoms with van der Waals surface area (Å²) < 4.78 is 6.12. The lowest BCUT2D eigenvalue weighted by Crippen LogP contribution is -2.35. The first-order valence-electron chi connectivity index (χ1n) is 7.12. The highest BCUT2D eigenvalue weighted by Gasteiger charge is 2.21. The van der Waals surface area contributed by atoms with Gasteiger partial charge in [0.2, 0.25) is 0 Å². The van der Waals surface area contributed by atoms with Crippen LogP contribution in [0.1, 0.15) is 40.5 Å². The van der Waals surface area contributed by atoms with E-state index in [9.17, 15) is 0 Å². The van der Waals surface area contributed by atoms with Gasteiger partial charge in [-0.2, -0.15) is 0 Å². The molecule has 0 aromatic rings. The van der Waals surface area contributed by atoms with Crippen LogP contribution in [-0.4, -0.2) is 25.8 Å². The van der Waals surface area contributed by atoms with Gasteiger partial charge in [0, 0.05) is 6.54 Å². The third-order valence-electron chi connectivity index (χ3n) is 3.78. The van der Waals surface area contributed by atoms with E-state index in [-0.39, 0.29) is 0 Å². The van der Waals surface area contributed by atoms with Crippen molar-refractivity contribution < 1.29 is 4.74 Å². The molecule has 0 aliphatic heterocycles. The van der Waals surface area contributed by atoms with E-state index in [1.54, 1.807) is 0 Å². The van der Waals surface area contributed by atoms with Gasteiger partial charge in [-0.1, -0.05) is 39.8 Å². The van der Waals surface area contributed by atoms with Crippen molar-refractivity contribution in [2.45, 2.75) is 46.6 Å². The molecule has 0 heterocycles. The van der Waals surface area contributed by atoms with E-state index < -0.39 is 0 Å². The van der Waals surface area contributed by atoms with E-state index in [2.05, 4.69) is 45.2 Å². The highest BCUT2D eigenvalue weighted by Crippen LogP contribution is 2.25. The van der Waals surface area contributed by atoms with Crippen molar-refractivity contribution in [3.8, 4) is 0 Å². The van der Waals surface area contributed by atoms with Crippen molar-refractivity contribution in [1.82, 2.24) is 5.32 Å². The van der Waals surface area contributed by atoms with Gasteiger partial charge in [-0.3, -0.25) is 0 Å². The summed E-state index contributed by atoms with van der Waals surface area (Å²) in [4.78, 5) is 0. The Hall–Kier alpha value is -0.340. The smallest absolute Gasteiger partial charge is 0.0722 e. The van der Waals surface area contributed by atoms with Crippen molar-refractivity contribution in [3.05, 3.63) is 12.2 Å². The van der Waals surface area contributed by atoms with Crippen molar-refractivity contribution in [2.75, 3.05) is 19.7 Å². The van der Waals surface area contributed by atoms with Crippen LogP contribution in [0.2, 0.25) is 0 Å². The second-order valence-electron chi connectivity index (χ2n) is 5.60. The number of hydrogen-bond donors (Lipinski definition) is 1. The second-order valence-corrected chi connectivity index (χ2v) is 5.60. The molecule has 2 nitrogen and oxygen atoms in total. The number of likely N-dealkylation sites (N-methyl/N-ethyl adjacent to an activating group) is 1. The van der Waals surface area contributed by atoms with Crippen LogP contribution in [-0.2, 0) is 4.74 Å². The average molecular weight is 239 g/mol. The zero-order chi connectivity index (χ0) is 12.7. The Balaban J connectivity index is 2.32. The van der Waals surface area contributed by atoms with Crippen molar-refractivity contribution in [1.29, 1.82) is 0 Å². The molecule has 1 N–H and O–H groups in total. The number of ether oxygens (including phenoxy) is 1. The minimum absolute atomic E-state index is 0.355. The molecule has 3 unspecified atom stereocenters. The minimum atomic E-state index is 0.355. The topological polar surface area (TPSA) is 21.3 Å². The van der Waals surface area contributed by atoms with Crippen LogP contribution < -0.4 is 5.32 Å². The summed E-state index contributed by atoms with van der Waals surface area (Å²) in [6, 6.07) is 0. The molecular formula is C15H29NO. The van der Waals surface area contributed by atoms with E-state index in [4.69, 9.17) is 4.74 Å². The minimum Gasteiger partial charge on any atom is -0.376 e. The monoisotopic (exact) mass is 239 g/mol. The molecule has 17 heavy (non-hydrogen) atoms. The summed E-state index contributed by atoms with van der Waals surface area (Å²) in [6.07, 6.45) is 7.37. The Bertz CT molecular complexity index is 225. The molecule has 3 atom stereocenters. The summed E-state index contributed by atoms with van der Waals surface area (Å²) in [5.74, 6) is 2.07. The van der Waals surface area contributed by atoms with Gasteiger partial charge in [0.1, 0.15) is 0 Å². The van der Waals surface area contributed by atoms with E-state index in [1.165, 1.54) is 12.8 Å². The van der Waals surface area contributed by atoms with Gasteiger partial charge in [0.25, 0.3) is 0 Å². The fourth-order valence-corrected chi connectivity index (χ4v) is 2.26. The second kappa shape index (κ2) is 7.88. The molecule has 0 amide bonds. The SMILES string of the molecule is CCNCC(OCC1CC=CCC1C)C(C)C. The molecule has 0 bridgehead atoms. The number of rotatable bonds is 7. The largest absolute Gasteiger partial charge is 0.376 e. The Labute approximate surface area is 107 Å². The van der Waals surface area contributed by atoms with E-state index in [0.717, 1.165) is 25.6 Å². The summed E-state index contributed by atoms with van der Waals surface area (Å²) in [6.45, 7) is 11.9. The zero-order valence-corrected chi connectivity index (χ0v) is 11.9. The molecule has 0 saturated heterocycles. The predicted molar refractivity (Wildman–Crippen MR) is 74.1 cm³/mol. The predicted octanol–water partition coefficient (Wildman–Crippen LogP) is 3.24. The Morgan fingerprint density at radius 3 is 2.59 bits per heavy atom. The molecule has 100 valence electrons. The normalized spacial score (nSPS) is 26.4. The lowest BCUT2D eigenvalue weighted by molar-refractivity contribution is -0.00691. The maximum atomic E-state index is 6.12. The fourth-order valence-electron chi connectivity index (χ4n) is 2.26. The summed E-state index contributed by atoms with van der Waals surface area (Å²) in [5, 5.41) is 3.39. The zero-order valence-electron chi connectivity index (χ0n) is 11.9. The molecule has 0 aromatic heterocycles. The number of nitrogens with one attached hydrogen (secondary N) is 1. The van der Waals surface area contributed by atoms with Crippen molar-refractivity contribution in [3.63, 3.8) is 0 Å². The van der Waals surface area contributed by atoms with Gasteiger partial charge < -0.3 is 10.1 Å². The Kier molecular flexibility index (Phi) is 6.83. The van der Waals surface area contributed by atoms with Crippen LogP contribution in [0.25, 0.3) is 0 Å². The Morgan fingerprint density at radius 1 is 1.29 bits per heavy atom. The standard InChI is InChI=1S/C15H29NO/c1-5-16-10-15(12(2)3)17-11-14-9-7-6-8-13(14)4/h6-7,12-16H,5,8-11H2,1-4H3. The molecule has 1 aliphatic rings. The molecule has 0 fully saturated rings. The highest BCUT2D eigenvalue weighted by molar-refractivity contribution is 4.93. The van der Waals surface area contributed by atoms with Crippen LogP contribution in [0.15, 0.2) is 12.2 Å². The van der Waals surface area contributed by atoms with Gasteiger partial charge in [-0.05, 0) is 37.1 Å². The lowest BCUT2D eigenvalue weighted by atomic mass is 9.85. The molecule has 1 aliphatic carbocycles. The maximum Gasteiger partial charge on any atom is 0.0722 e. The molecular weight excluding hydrogens is 210 g/mol. The molecule has 0 saturated carbocycles. The van der Waals surface area contributed by atoms with Crippen molar-refractivity contribution in [2.24, 2.45) is 17.8 Å². The van der Waals surface area contributed by atoms with Gasteiger partial charge in [0.15, 0.2) is 0 Å². The third-order valence-corrected chi connectivity index (χ3v) is 3.78. The van der Waals surface area contributed by atoms with Crippen LogP contribution in [0, 0.1) is 17.8 Å². The first kappa shape index (κ1) is 14.7. The van der Waals surface area contributed by atoms with E-state index >= 15 is 0 Å². The summed E-state index contributed by atoms with van der Waals surface area (Å²) in [7, 11) is 0. The lowest BCUT2D eigenvalue weighted by Gasteiger charge is -2.29. The maximum absolute atomic E-state index is 6.12. The van der Waals surface area contributed by atoms with Crippen molar-refractivity contribution >= 4 is 0 Å². The summed E-state index contributed by atoms with van der Waals surface area (Å²) in [5.41, 5.74) is 0.